The number of carboxylic acid groups (broad SMARTS) is 3. The van der Waals surface area contributed by atoms with E-state index in [0.29, 0.717) is 0 Å². The third-order valence-electron chi connectivity index (χ3n) is 3.74. The normalized spacial score (nSPS) is 13.2. The first kappa shape index (κ1) is 27.4. The summed E-state index contributed by atoms with van der Waals surface area (Å²) in [6.45, 7) is -0.879. The van der Waals surface area contributed by atoms with Crippen molar-refractivity contribution in [3.8, 4) is 0 Å². The number of hydrogen-bond acceptors (Lipinski definition) is 11. The van der Waals surface area contributed by atoms with Gasteiger partial charge in [-0.1, -0.05) is 0 Å². The maximum atomic E-state index is 11.8. The van der Waals surface area contributed by atoms with Gasteiger partial charge in [0.05, 0.1) is 25.4 Å². The van der Waals surface area contributed by atoms with Gasteiger partial charge in [-0.3, -0.25) is 19.2 Å². The van der Waals surface area contributed by atoms with Gasteiger partial charge in [-0.15, -0.1) is 0 Å². The number of rotatable bonds is 15. The molecule has 1 unspecified atom stereocenters. The Morgan fingerprint density at radius 3 is 1.74 bits per heavy atom. The molecule has 0 aromatic carbocycles. The van der Waals surface area contributed by atoms with E-state index in [1.54, 1.807) is 0 Å². The Kier molecular flexibility index (Phi) is 11.4. The summed E-state index contributed by atoms with van der Waals surface area (Å²) in [6, 6.07) is -1.32. The van der Waals surface area contributed by atoms with Crippen molar-refractivity contribution in [1.29, 1.82) is 0 Å². The fraction of sp³-hybridized carbons (Fsp3) is 0.562. The lowest BCUT2D eigenvalue weighted by Gasteiger charge is -2.28. The maximum Gasteiger partial charge on any atom is 0.223 e. The second-order valence-electron chi connectivity index (χ2n) is 6.40. The van der Waals surface area contributed by atoms with Crippen LogP contribution in [0.5, 0.6) is 0 Å². The van der Waals surface area contributed by atoms with Crippen LogP contribution in [0.3, 0.4) is 0 Å². The number of aliphatic carboxylic acids is 3. The molecule has 0 aliphatic carbocycles. The number of amides is 3. The Hall–Kier alpha value is -3.59. The molecule has 0 saturated heterocycles. The van der Waals surface area contributed by atoms with E-state index in [9.17, 15) is 54.0 Å². The molecule has 0 rings (SSSR count). The molecule has 7 N–H and O–H groups in total. The van der Waals surface area contributed by atoms with Crippen LogP contribution in [-0.2, 0) is 33.6 Å². The molecule has 174 valence electrons. The van der Waals surface area contributed by atoms with E-state index in [4.69, 9.17) is 0 Å². The fourth-order valence-corrected chi connectivity index (χ4v) is 2.00. The summed E-state index contributed by atoms with van der Waals surface area (Å²) in [5.74, 6) is -9.62. The van der Waals surface area contributed by atoms with Crippen molar-refractivity contribution < 1.29 is 59.7 Å². The van der Waals surface area contributed by atoms with Crippen molar-refractivity contribution >= 4 is 41.4 Å². The van der Waals surface area contributed by atoms with Crippen molar-refractivity contribution in [3.05, 3.63) is 0 Å². The van der Waals surface area contributed by atoms with Crippen LogP contribution in [0.4, 0.5) is 0 Å². The zero-order chi connectivity index (χ0) is 24.2. The summed E-state index contributed by atoms with van der Waals surface area (Å²) >= 11 is 0. The number of hydrogen-bond donors (Lipinski definition) is 5. The lowest BCUT2D eigenvalue weighted by Crippen LogP contribution is -2.72. The van der Waals surface area contributed by atoms with Crippen LogP contribution in [0.15, 0.2) is 0 Å². The van der Waals surface area contributed by atoms with Gasteiger partial charge in [0.15, 0.2) is 5.78 Å². The molecule has 3 amide bonds. The smallest absolute Gasteiger partial charge is 0.223 e. The number of carbonyl (C=O) groups excluding carboxylic acids is 7. The highest BCUT2D eigenvalue weighted by atomic mass is 16.4. The molecular weight excluding hydrogens is 424 g/mol. The molecule has 15 heteroatoms. The quantitative estimate of drug-likeness (QED) is 0.116. The maximum absolute atomic E-state index is 11.8. The highest BCUT2D eigenvalue weighted by Gasteiger charge is 2.34. The lowest BCUT2D eigenvalue weighted by molar-refractivity contribution is -0.435. The van der Waals surface area contributed by atoms with Gasteiger partial charge in [0.2, 0.25) is 17.7 Å². The number of nitrogens with one attached hydrogen (secondary N) is 3. The fourth-order valence-electron chi connectivity index (χ4n) is 2.00. The predicted molar refractivity (Wildman–Crippen MR) is 89.2 cm³/mol. The number of carbonyl (C=O) groups is 7. The third-order valence-corrected chi connectivity index (χ3v) is 3.74. The Morgan fingerprint density at radius 2 is 1.29 bits per heavy atom. The summed E-state index contributed by atoms with van der Waals surface area (Å²) in [7, 11) is 0. The van der Waals surface area contributed by atoms with Gasteiger partial charge in [0.25, 0.3) is 0 Å². The van der Waals surface area contributed by atoms with E-state index in [1.807, 2.05) is 5.32 Å². The zero-order valence-corrected chi connectivity index (χ0v) is 16.3. The number of carboxylic acids is 3. The molecular formula is C16H22N4O11-2. The minimum atomic E-state index is -2.89. The molecule has 0 aromatic rings. The molecule has 0 fully saturated rings. The van der Waals surface area contributed by atoms with Crippen LogP contribution in [0, 0.1) is 0 Å². The number of aliphatic hydroxyl groups is 1. The number of quaternary nitrogens is 1. The Labute approximate surface area is 175 Å². The molecule has 0 aromatic heterocycles. The zero-order valence-electron chi connectivity index (χ0n) is 16.3. The lowest BCUT2D eigenvalue weighted by atomic mass is 9.94. The minimum absolute atomic E-state index is 0.164. The summed E-state index contributed by atoms with van der Waals surface area (Å²) in [6.07, 6.45) is -3.18. The van der Waals surface area contributed by atoms with Gasteiger partial charge in [0, 0.05) is 25.9 Å². The molecule has 0 spiro atoms. The Balaban J connectivity index is 4.43. The van der Waals surface area contributed by atoms with Gasteiger partial charge in [-0.05, 0) is 0 Å². The summed E-state index contributed by atoms with van der Waals surface area (Å²) in [5, 5.41) is 48.4. The van der Waals surface area contributed by atoms with E-state index < -0.39 is 85.3 Å². The first-order valence-electron chi connectivity index (χ1n) is 8.80. The Morgan fingerprint density at radius 1 is 0.806 bits per heavy atom. The number of Topliss-reactive ketones (excluding diaryl/α,β-unsaturated/α-hetero) is 1. The van der Waals surface area contributed by atoms with Gasteiger partial charge < -0.3 is 56.5 Å². The molecule has 0 aliphatic heterocycles. The van der Waals surface area contributed by atoms with Crippen LogP contribution < -0.4 is 37.0 Å². The molecule has 0 saturated carbocycles. The van der Waals surface area contributed by atoms with Crippen molar-refractivity contribution in [2.24, 2.45) is 0 Å². The van der Waals surface area contributed by atoms with E-state index in [-0.39, 0.29) is 13.1 Å². The molecule has 0 radical (unpaired) electrons. The van der Waals surface area contributed by atoms with Gasteiger partial charge in [-0.25, -0.2) is 0 Å². The average molecular weight is 446 g/mol. The predicted octanol–water partition coefficient (Wildman–Crippen LogP) is -8.94. The standard InChI is InChI=1S/C16H24N4O11/c17-8(13(25)26)7-20-12(24)6-16(31,15(29)30)5-11(23)19-4-3-18-10(22)2-1-9(21)14(27)28/h8,31H,1-7,17H2,(H,18,22)(H,19,23)(H,20,24)(H,25,26)(H,27,28)(H,29,30)/p-2/t8-,16?/m0/s1. The summed E-state index contributed by atoms with van der Waals surface area (Å²) < 4.78 is 0. The van der Waals surface area contributed by atoms with E-state index in [0.717, 1.165) is 0 Å². The number of ketones is 1. The molecule has 0 heterocycles. The van der Waals surface area contributed by atoms with Crippen LogP contribution in [0.1, 0.15) is 25.7 Å². The van der Waals surface area contributed by atoms with Crippen LogP contribution in [-0.4, -0.2) is 77.8 Å². The molecule has 31 heavy (non-hydrogen) atoms. The van der Waals surface area contributed by atoms with E-state index in [1.165, 1.54) is 0 Å². The van der Waals surface area contributed by atoms with Gasteiger partial charge in [-0.2, -0.15) is 0 Å². The summed E-state index contributed by atoms with van der Waals surface area (Å²) in [4.78, 5) is 77.6. The van der Waals surface area contributed by atoms with Crippen molar-refractivity contribution in [3.63, 3.8) is 0 Å². The Bertz CT molecular complexity index is 739. The molecule has 0 aliphatic rings. The first-order valence-corrected chi connectivity index (χ1v) is 8.80. The highest BCUT2D eigenvalue weighted by Crippen LogP contribution is 2.14. The molecule has 2 atom stereocenters. The van der Waals surface area contributed by atoms with Crippen LogP contribution >= 0.6 is 0 Å². The SMILES string of the molecule is [NH3+][C@@H](CNC(=O)CC(O)(CC(=O)NCCNC(=O)CCC(=O)C(=O)[O-])C(=O)[O-])C(=O)[O-]. The van der Waals surface area contributed by atoms with E-state index >= 15 is 0 Å². The molecule has 15 nitrogen and oxygen atoms in total. The summed E-state index contributed by atoms with van der Waals surface area (Å²) in [5.41, 5.74) is 0.276. The second kappa shape index (κ2) is 12.9. The minimum Gasteiger partial charge on any atom is -0.547 e. The van der Waals surface area contributed by atoms with E-state index in [2.05, 4.69) is 16.4 Å². The van der Waals surface area contributed by atoms with Crippen molar-refractivity contribution in [2.75, 3.05) is 19.6 Å². The average Bonchev–Trinajstić information content (AvgIpc) is 2.66. The molecule has 0 bridgehead atoms. The topological polar surface area (TPSA) is 273 Å². The van der Waals surface area contributed by atoms with Gasteiger partial charge >= 0.3 is 0 Å². The first-order chi connectivity index (χ1) is 14.3. The van der Waals surface area contributed by atoms with Crippen LogP contribution in [0.2, 0.25) is 0 Å². The largest absolute Gasteiger partial charge is 0.547 e. The monoisotopic (exact) mass is 446 g/mol. The third kappa shape index (κ3) is 11.2. The van der Waals surface area contributed by atoms with Crippen molar-refractivity contribution in [2.45, 2.75) is 37.3 Å². The van der Waals surface area contributed by atoms with Crippen molar-refractivity contribution in [1.82, 2.24) is 16.0 Å². The second-order valence-corrected chi connectivity index (χ2v) is 6.40. The highest BCUT2D eigenvalue weighted by molar-refractivity contribution is 6.31. The van der Waals surface area contributed by atoms with Crippen LogP contribution in [0.25, 0.3) is 0 Å². The van der Waals surface area contributed by atoms with Gasteiger partial charge in [0.1, 0.15) is 23.6 Å².